The van der Waals surface area contributed by atoms with E-state index in [1.807, 2.05) is 18.2 Å². The van der Waals surface area contributed by atoms with Gasteiger partial charge in [-0.05, 0) is 48.6 Å². The van der Waals surface area contributed by atoms with Crippen LogP contribution in [0.5, 0.6) is 5.75 Å². The molecule has 0 saturated heterocycles. The maximum atomic E-state index is 13.7. The van der Waals surface area contributed by atoms with Crippen LogP contribution in [0.2, 0.25) is 0 Å². The van der Waals surface area contributed by atoms with Crippen LogP contribution >= 0.6 is 0 Å². The molecule has 3 rings (SSSR count). The van der Waals surface area contributed by atoms with Crippen molar-refractivity contribution in [3.63, 3.8) is 0 Å². The number of carbonyl (C=O) groups is 1. The van der Waals surface area contributed by atoms with Gasteiger partial charge in [0.2, 0.25) is 0 Å². The number of ether oxygens (including phenoxy) is 1. The van der Waals surface area contributed by atoms with Gasteiger partial charge in [0.1, 0.15) is 0 Å². The van der Waals surface area contributed by atoms with Crippen LogP contribution < -0.4 is 15.4 Å². The molecule has 0 aliphatic heterocycles. The number of hydrogen-bond donors (Lipinski definition) is 2. The molecule has 2 N–H and O–H groups in total. The summed E-state index contributed by atoms with van der Waals surface area (Å²) in [6.07, 6.45) is 2.51. The first-order valence-electron chi connectivity index (χ1n) is 8.11. The number of carbonyl (C=O) groups excluding carboxylic acids is 1. The first-order chi connectivity index (χ1) is 11.7. The summed E-state index contributed by atoms with van der Waals surface area (Å²) < 4.78 is 18.6. The van der Waals surface area contributed by atoms with E-state index >= 15 is 0 Å². The molecule has 1 saturated carbocycles. The number of rotatable bonds is 7. The Kier molecular flexibility index (Phi) is 4.99. The third-order valence-corrected chi connectivity index (χ3v) is 4.12. The molecule has 126 valence electrons. The van der Waals surface area contributed by atoms with Gasteiger partial charge in [0, 0.05) is 18.8 Å². The van der Waals surface area contributed by atoms with E-state index in [2.05, 4.69) is 10.6 Å². The summed E-state index contributed by atoms with van der Waals surface area (Å²) in [5, 5.41) is 6.18. The van der Waals surface area contributed by atoms with Gasteiger partial charge in [-0.2, -0.15) is 0 Å². The number of para-hydroxylation sites is 1. The number of amides is 1. The third-order valence-electron chi connectivity index (χ3n) is 4.12. The van der Waals surface area contributed by atoms with E-state index in [0.29, 0.717) is 11.1 Å². The lowest BCUT2D eigenvalue weighted by atomic mass is 10.1. The molecule has 1 aliphatic rings. The third kappa shape index (κ3) is 4.04. The molecule has 0 aromatic heterocycles. The second kappa shape index (κ2) is 7.34. The standard InChI is InChI=1S/C19H21FN2O2/c1-24-18-9-8-14(10-16(18)20)12-22-19(23)15-4-2-3-5-17(15)21-11-13-6-7-13/h2-5,8-10,13,21H,6-7,11-12H2,1H3,(H,22,23). The quantitative estimate of drug-likeness (QED) is 0.817. The Balaban J connectivity index is 1.63. The number of nitrogens with one attached hydrogen (secondary N) is 2. The van der Waals surface area contributed by atoms with Crippen molar-refractivity contribution >= 4 is 11.6 Å². The lowest BCUT2D eigenvalue weighted by Gasteiger charge is -2.12. The average molecular weight is 328 g/mol. The molecule has 0 heterocycles. The Morgan fingerprint density at radius 1 is 1.25 bits per heavy atom. The summed E-state index contributed by atoms with van der Waals surface area (Å²) in [4.78, 5) is 12.4. The van der Waals surface area contributed by atoms with Crippen molar-refractivity contribution in [1.29, 1.82) is 0 Å². The van der Waals surface area contributed by atoms with Gasteiger partial charge in [-0.25, -0.2) is 4.39 Å². The Labute approximate surface area is 141 Å². The summed E-state index contributed by atoms with van der Waals surface area (Å²) in [6, 6.07) is 12.1. The molecule has 1 fully saturated rings. The predicted molar refractivity (Wildman–Crippen MR) is 91.8 cm³/mol. The molecule has 2 aromatic carbocycles. The van der Waals surface area contributed by atoms with Gasteiger partial charge < -0.3 is 15.4 Å². The van der Waals surface area contributed by atoms with Crippen LogP contribution in [0.25, 0.3) is 0 Å². The second-order valence-corrected chi connectivity index (χ2v) is 6.02. The van der Waals surface area contributed by atoms with Crippen LogP contribution in [0, 0.1) is 11.7 Å². The monoisotopic (exact) mass is 328 g/mol. The zero-order chi connectivity index (χ0) is 16.9. The van der Waals surface area contributed by atoms with Gasteiger partial charge in [-0.15, -0.1) is 0 Å². The summed E-state index contributed by atoms with van der Waals surface area (Å²) in [5.74, 6) is 0.309. The van der Waals surface area contributed by atoms with Gasteiger partial charge in [0.15, 0.2) is 11.6 Å². The van der Waals surface area contributed by atoms with Crippen molar-refractivity contribution in [3.05, 3.63) is 59.4 Å². The number of hydrogen-bond acceptors (Lipinski definition) is 3. The van der Waals surface area contributed by atoms with Crippen molar-refractivity contribution in [3.8, 4) is 5.75 Å². The number of methoxy groups -OCH3 is 1. The minimum atomic E-state index is -0.434. The molecule has 1 amide bonds. The smallest absolute Gasteiger partial charge is 0.253 e. The van der Waals surface area contributed by atoms with E-state index in [0.717, 1.165) is 18.2 Å². The number of benzene rings is 2. The summed E-state index contributed by atoms with van der Waals surface area (Å²) >= 11 is 0. The fourth-order valence-electron chi connectivity index (χ4n) is 2.51. The molecule has 1 aliphatic carbocycles. The molecule has 0 bridgehead atoms. The molecule has 0 spiro atoms. The average Bonchev–Trinajstić information content (AvgIpc) is 3.42. The van der Waals surface area contributed by atoms with Crippen molar-refractivity contribution in [1.82, 2.24) is 5.32 Å². The van der Waals surface area contributed by atoms with E-state index < -0.39 is 5.82 Å². The Morgan fingerprint density at radius 3 is 2.75 bits per heavy atom. The number of halogens is 1. The van der Waals surface area contributed by atoms with E-state index in [1.165, 1.54) is 26.0 Å². The first kappa shape index (κ1) is 16.3. The summed E-state index contributed by atoms with van der Waals surface area (Å²) in [5.41, 5.74) is 2.13. The highest BCUT2D eigenvalue weighted by molar-refractivity contribution is 5.99. The normalized spacial score (nSPS) is 13.4. The van der Waals surface area contributed by atoms with Crippen molar-refractivity contribution in [2.24, 2.45) is 5.92 Å². The SMILES string of the molecule is COc1ccc(CNC(=O)c2ccccc2NCC2CC2)cc1F. The van der Waals surface area contributed by atoms with E-state index in [4.69, 9.17) is 4.74 Å². The highest BCUT2D eigenvalue weighted by Gasteiger charge is 2.21. The van der Waals surface area contributed by atoms with Crippen LogP contribution in [0.3, 0.4) is 0 Å². The highest BCUT2D eigenvalue weighted by atomic mass is 19.1. The van der Waals surface area contributed by atoms with Crippen molar-refractivity contribution in [2.45, 2.75) is 19.4 Å². The van der Waals surface area contributed by atoms with Crippen LogP contribution in [0.4, 0.5) is 10.1 Å². The zero-order valence-electron chi connectivity index (χ0n) is 13.6. The molecule has 24 heavy (non-hydrogen) atoms. The van der Waals surface area contributed by atoms with Gasteiger partial charge in [0.25, 0.3) is 5.91 Å². The Bertz CT molecular complexity index is 729. The molecular formula is C19H21FN2O2. The van der Waals surface area contributed by atoms with E-state index in [-0.39, 0.29) is 18.2 Å². The molecule has 0 atom stereocenters. The van der Waals surface area contributed by atoms with Crippen molar-refractivity contribution in [2.75, 3.05) is 19.0 Å². The Hall–Kier alpha value is -2.56. The van der Waals surface area contributed by atoms with Gasteiger partial charge >= 0.3 is 0 Å². The predicted octanol–water partition coefficient (Wildman–Crippen LogP) is 3.59. The molecule has 0 unspecified atom stereocenters. The lowest BCUT2D eigenvalue weighted by Crippen LogP contribution is -2.24. The largest absolute Gasteiger partial charge is 0.494 e. The molecule has 0 radical (unpaired) electrons. The van der Waals surface area contributed by atoms with E-state index in [9.17, 15) is 9.18 Å². The fraction of sp³-hybridized carbons (Fsp3) is 0.316. The van der Waals surface area contributed by atoms with Crippen LogP contribution in [0.1, 0.15) is 28.8 Å². The first-order valence-corrected chi connectivity index (χ1v) is 8.11. The lowest BCUT2D eigenvalue weighted by molar-refractivity contribution is 0.0951. The van der Waals surface area contributed by atoms with Gasteiger partial charge in [-0.1, -0.05) is 18.2 Å². The minimum Gasteiger partial charge on any atom is -0.494 e. The van der Waals surface area contributed by atoms with Crippen LogP contribution in [0.15, 0.2) is 42.5 Å². The molecule has 5 heteroatoms. The van der Waals surface area contributed by atoms with E-state index in [1.54, 1.807) is 18.2 Å². The summed E-state index contributed by atoms with van der Waals surface area (Å²) in [6.45, 7) is 1.16. The van der Waals surface area contributed by atoms with Gasteiger partial charge in [-0.3, -0.25) is 4.79 Å². The zero-order valence-corrected chi connectivity index (χ0v) is 13.6. The van der Waals surface area contributed by atoms with Crippen LogP contribution in [-0.2, 0) is 6.54 Å². The number of anilines is 1. The maximum Gasteiger partial charge on any atom is 0.253 e. The topological polar surface area (TPSA) is 50.4 Å². The van der Waals surface area contributed by atoms with Crippen molar-refractivity contribution < 1.29 is 13.9 Å². The molecular weight excluding hydrogens is 307 g/mol. The van der Waals surface area contributed by atoms with Gasteiger partial charge in [0.05, 0.1) is 12.7 Å². The minimum absolute atomic E-state index is 0.176. The highest BCUT2D eigenvalue weighted by Crippen LogP contribution is 2.29. The molecule has 4 nitrogen and oxygen atoms in total. The summed E-state index contributed by atoms with van der Waals surface area (Å²) in [7, 11) is 1.42. The maximum absolute atomic E-state index is 13.7. The Morgan fingerprint density at radius 2 is 2.04 bits per heavy atom. The van der Waals surface area contributed by atoms with Crippen LogP contribution in [-0.4, -0.2) is 19.6 Å². The molecule has 2 aromatic rings. The fourth-order valence-corrected chi connectivity index (χ4v) is 2.51. The second-order valence-electron chi connectivity index (χ2n) is 6.02.